The molecule has 1 spiro atoms. The van der Waals surface area contributed by atoms with Crippen molar-refractivity contribution in [3.63, 3.8) is 0 Å². The standard InChI is InChI=1S/C26H30N2O4/c1-27-11-10-25-22-16-6-7-20(29)23(22)32-24(25)19(8-9-26(25,30)21(27)14-16)28-12-13-31-15-17-4-2-3-5-18(17)28/h2-7,19,21,24,29-30H,8-15H2,1H3/t19-,21+,24+,25+,26-/m1/s1. The molecule has 6 heteroatoms. The number of phenolic OH excluding ortho intramolecular Hbond substituents is 1. The first-order valence-electron chi connectivity index (χ1n) is 11.9. The Morgan fingerprint density at radius 1 is 1.06 bits per heavy atom. The molecule has 2 aliphatic carbocycles. The summed E-state index contributed by atoms with van der Waals surface area (Å²) >= 11 is 0. The molecule has 1 saturated carbocycles. The van der Waals surface area contributed by atoms with Crippen molar-refractivity contribution < 1.29 is 19.7 Å². The van der Waals surface area contributed by atoms with Gasteiger partial charge in [-0.25, -0.2) is 0 Å². The van der Waals surface area contributed by atoms with Gasteiger partial charge in [-0.1, -0.05) is 24.3 Å². The second kappa shape index (κ2) is 6.40. The largest absolute Gasteiger partial charge is 0.504 e. The highest BCUT2D eigenvalue weighted by molar-refractivity contribution is 5.64. The molecule has 3 aliphatic heterocycles. The molecule has 2 fully saturated rings. The number of hydrogen-bond acceptors (Lipinski definition) is 6. The van der Waals surface area contributed by atoms with E-state index in [9.17, 15) is 10.2 Å². The van der Waals surface area contributed by atoms with E-state index in [0.29, 0.717) is 19.0 Å². The van der Waals surface area contributed by atoms with Crippen molar-refractivity contribution in [2.75, 3.05) is 31.6 Å². The Kier molecular flexibility index (Phi) is 3.84. The zero-order chi connectivity index (χ0) is 21.7. The monoisotopic (exact) mass is 434 g/mol. The quantitative estimate of drug-likeness (QED) is 0.719. The SMILES string of the molecule is CN1CC[C@]23c4c5ccc(O)c4O[C@H]2[C@H](N2CCOCc4ccccc42)CC[C@@]3(O)[C@@H]1C5. The first-order chi connectivity index (χ1) is 15.5. The van der Waals surface area contributed by atoms with Crippen molar-refractivity contribution in [2.45, 2.75) is 61.5 Å². The molecule has 3 heterocycles. The zero-order valence-electron chi connectivity index (χ0n) is 18.5. The fourth-order valence-corrected chi connectivity index (χ4v) is 7.77. The number of phenols is 1. The Hall–Kier alpha value is -2.28. The lowest BCUT2D eigenvalue weighted by Crippen LogP contribution is -2.77. The van der Waals surface area contributed by atoms with Crippen LogP contribution in [0.3, 0.4) is 0 Å². The number of anilines is 1. The molecule has 5 atom stereocenters. The van der Waals surface area contributed by atoms with E-state index in [1.165, 1.54) is 16.8 Å². The normalized spacial score (nSPS) is 37.3. The molecule has 2 N–H and O–H groups in total. The number of likely N-dealkylation sites (N-methyl/N-ethyl adjacent to an activating group) is 1. The Balaban J connectivity index is 1.42. The maximum Gasteiger partial charge on any atom is 0.165 e. The van der Waals surface area contributed by atoms with Crippen LogP contribution in [-0.2, 0) is 23.2 Å². The minimum absolute atomic E-state index is 0.0750. The third-order valence-electron chi connectivity index (χ3n) is 9.13. The summed E-state index contributed by atoms with van der Waals surface area (Å²) in [4.78, 5) is 4.80. The molecule has 0 unspecified atom stereocenters. The van der Waals surface area contributed by atoms with Crippen molar-refractivity contribution in [3.8, 4) is 11.5 Å². The van der Waals surface area contributed by atoms with Gasteiger partial charge < -0.3 is 29.5 Å². The summed E-state index contributed by atoms with van der Waals surface area (Å²) in [6.07, 6.45) is 3.03. The number of ether oxygens (including phenoxy) is 2. The van der Waals surface area contributed by atoms with Crippen LogP contribution in [0.15, 0.2) is 36.4 Å². The van der Waals surface area contributed by atoms with Crippen LogP contribution in [0.1, 0.15) is 36.0 Å². The third kappa shape index (κ3) is 2.16. The molecule has 5 aliphatic rings. The van der Waals surface area contributed by atoms with E-state index < -0.39 is 11.0 Å². The molecule has 32 heavy (non-hydrogen) atoms. The number of benzene rings is 2. The molecule has 1 saturated heterocycles. The summed E-state index contributed by atoms with van der Waals surface area (Å²) in [7, 11) is 2.14. The number of piperidine rings is 1. The molecule has 168 valence electrons. The average molecular weight is 435 g/mol. The summed E-state index contributed by atoms with van der Waals surface area (Å²) in [5.41, 5.74) is 3.37. The van der Waals surface area contributed by atoms with E-state index in [1.807, 2.05) is 6.07 Å². The van der Waals surface area contributed by atoms with Crippen LogP contribution < -0.4 is 9.64 Å². The van der Waals surface area contributed by atoms with Gasteiger partial charge in [-0.3, -0.25) is 0 Å². The van der Waals surface area contributed by atoms with Gasteiger partial charge in [-0.2, -0.15) is 0 Å². The number of likely N-dealkylation sites (tertiary alicyclic amines) is 1. The molecule has 0 aromatic heterocycles. The summed E-state index contributed by atoms with van der Waals surface area (Å²) in [5.74, 6) is 0.811. The van der Waals surface area contributed by atoms with Gasteiger partial charge in [0.1, 0.15) is 6.10 Å². The zero-order valence-corrected chi connectivity index (χ0v) is 18.5. The Morgan fingerprint density at radius 2 is 1.94 bits per heavy atom. The average Bonchev–Trinajstić information content (AvgIpc) is 3.01. The van der Waals surface area contributed by atoms with Crippen molar-refractivity contribution in [1.29, 1.82) is 0 Å². The predicted molar refractivity (Wildman–Crippen MR) is 120 cm³/mol. The van der Waals surface area contributed by atoms with Gasteiger partial charge in [-0.15, -0.1) is 0 Å². The van der Waals surface area contributed by atoms with E-state index in [0.717, 1.165) is 44.3 Å². The topological polar surface area (TPSA) is 65.4 Å². The van der Waals surface area contributed by atoms with Gasteiger partial charge in [0.15, 0.2) is 11.5 Å². The molecule has 0 amide bonds. The fraction of sp³-hybridized carbons (Fsp3) is 0.538. The Labute approximate surface area is 188 Å². The number of aromatic hydroxyl groups is 1. The highest BCUT2D eigenvalue weighted by atomic mass is 16.5. The third-order valence-corrected chi connectivity index (χ3v) is 9.13. The maximum absolute atomic E-state index is 12.4. The van der Waals surface area contributed by atoms with Gasteiger partial charge in [0.05, 0.1) is 30.3 Å². The second-order valence-electron chi connectivity index (χ2n) is 10.3. The van der Waals surface area contributed by atoms with E-state index in [1.54, 1.807) is 6.07 Å². The maximum atomic E-state index is 12.4. The van der Waals surface area contributed by atoms with E-state index in [4.69, 9.17) is 9.47 Å². The number of nitrogens with zero attached hydrogens (tertiary/aromatic N) is 2. The number of fused-ring (bicyclic) bond motifs is 1. The van der Waals surface area contributed by atoms with E-state index in [2.05, 4.69) is 41.1 Å². The summed E-state index contributed by atoms with van der Waals surface area (Å²) in [6.45, 7) is 3.02. The van der Waals surface area contributed by atoms with Crippen molar-refractivity contribution in [2.24, 2.45) is 0 Å². The van der Waals surface area contributed by atoms with Crippen molar-refractivity contribution >= 4 is 5.69 Å². The Bertz CT molecular complexity index is 1110. The number of para-hydroxylation sites is 1. The lowest BCUT2D eigenvalue weighted by molar-refractivity contribution is -0.184. The molecule has 2 aromatic rings. The lowest BCUT2D eigenvalue weighted by atomic mass is 9.48. The number of hydrogen-bond donors (Lipinski definition) is 2. The van der Waals surface area contributed by atoms with Gasteiger partial charge in [0.25, 0.3) is 0 Å². The minimum atomic E-state index is -0.852. The van der Waals surface area contributed by atoms with Gasteiger partial charge in [0, 0.05) is 29.4 Å². The van der Waals surface area contributed by atoms with Gasteiger partial charge in [0.2, 0.25) is 0 Å². The van der Waals surface area contributed by atoms with Crippen LogP contribution in [0.2, 0.25) is 0 Å². The summed E-state index contributed by atoms with van der Waals surface area (Å²) in [5, 5.41) is 23.2. The smallest absolute Gasteiger partial charge is 0.165 e. The van der Waals surface area contributed by atoms with Crippen molar-refractivity contribution in [3.05, 3.63) is 53.1 Å². The van der Waals surface area contributed by atoms with Gasteiger partial charge in [-0.05, 0) is 57.0 Å². The van der Waals surface area contributed by atoms with Crippen LogP contribution in [0, 0.1) is 0 Å². The predicted octanol–water partition coefficient (Wildman–Crippen LogP) is 2.58. The molecule has 7 rings (SSSR count). The molecule has 2 bridgehead atoms. The van der Waals surface area contributed by atoms with Crippen LogP contribution in [0.4, 0.5) is 5.69 Å². The lowest BCUT2D eigenvalue weighted by Gasteiger charge is -2.64. The summed E-state index contributed by atoms with van der Waals surface area (Å²) < 4.78 is 12.6. The number of rotatable bonds is 1. The second-order valence-corrected chi connectivity index (χ2v) is 10.3. The first-order valence-corrected chi connectivity index (χ1v) is 11.9. The molecular formula is C26H30N2O4. The number of aliphatic hydroxyl groups is 1. The van der Waals surface area contributed by atoms with Crippen LogP contribution >= 0.6 is 0 Å². The molecule has 6 nitrogen and oxygen atoms in total. The molecule has 2 aromatic carbocycles. The van der Waals surface area contributed by atoms with Crippen LogP contribution in [-0.4, -0.2) is 65.6 Å². The Morgan fingerprint density at radius 3 is 2.84 bits per heavy atom. The fourth-order valence-electron chi connectivity index (χ4n) is 7.77. The summed E-state index contributed by atoms with van der Waals surface area (Å²) in [6, 6.07) is 12.5. The molecule has 0 radical (unpaired) electrons. The highest BCUT2D eigenvalue weighted by Crippen LogP contribution is 2.65. The van der Waals surface area contributed by atoms with E-state index >= 15 is 0 Å². The minimum Gasteiger partial charge on any atom is -0.504 e. The molecular weight excluding hydrogens is 404 g/mol. The van der Waals surface area contributed by atoms with Crippen LogP contribution in [0.25, 0.3) is 0 Å². The highest BCUT2D eigenvalue weighted by Gasteiger charge is 2.73. The van der Waals surface area contributed by atoms with Crippen LogP contribution in [0.5, 0.6) is 11.5 Å². The van der Waals surface area contributed by atoms with E-state index in [-0.39, 0.29) is 23.9 Å². The van der Waals surface area contributed by atoms with Crippen molar-refractivity contribution in [1.82, 2.24) is 4.90 Å². The van der Waals surface area contributed by atoms with Gasteiger partial charge >= 0.3 is 0 Å². The first kappa shape index (κ1) is 19.2.